The van der Waals surface area contributed by atoms with Crippen LogP contribution < -0.4 is 5.32 Å². The average molecular weight is 479 g/mol. The van der Waals surface area contributed by atoms with E-state index >= 15 is 0 Å². The molecule has 0 bridgehead atoms. The molecule has 0 fully saturated rings. The number of aromatic nitrogens is 4. The summed E-state index contributed by atoms with van der Waals surface area (Å²) in [6.07, 6.45) is 0. The van der Waals surface area contributed by atoms with Crippen molar-refractivity contribution in [2.24, 2.45) is 5.92 Å². The van der Waals surface area contributed by atoms with Crippen molar-refractivity contribution in [2.45, 2.75) is 47.7 Å². The predicted molar refractivity (Wildman–Crippen MR) is 119 cm³/mol. The summed E-state index contributed by atoms with van der Waals surface area (Å²) in [6, 6.07) is 7.70. The fourth-order valence-electron chi connectivity index (χ4n) is 3.28. The Kier molecular flexibility index (Phi) is 6.49. The van der Waals surface area contributed by atoms with Crippen LogP contribution in [0.2, 0.25) is 5.02 Å². The van der Waals surface area contributed by atoms with Crippen molar-refractivity contribution < 1.29 is 4.79 Å². The number of benzene rings is 1. The molecule has 3 aromatic rings. The van der Waals surface area contributed by atoms with E-state index in [9.17, 15) is 4.79 Å². The van der Waals surface area contributed by atoms with Gasteiger partial charge in [0.1, 0.15) is 0 Å². The minimum atomic E-state index is -0.241. The molecule has 2 aromatic heterocycles. The molecule has 1 N–H and O–H groups in total. The van der Waals surface area contributed by atoms with Gasteiger partial charge in [-0.2, -0.15) is 10.2 Å². The Balaban J connectivity index is 1.73. The van der Waals surface area contributed by atoms with Crippen molar-refractivity contribution in [3.05, 3.63) is 62.1 Å². The third kappa shape index (κ3) is 4.73. The molecular formula is C21H25BrClN5O. The van der Waals surface area contributed by atoms with Gasteiger partial charge in [-0.15, -0.1) is 0 Å². The molecule has 3 rings (SSSR count). The van der Waals surface area contributed by atoms with Gasteiger partial charge in [0.15, 0.2) is 0 Å². The molecule has 0 spiro atoms. The van der Waals surface area contributed by atoms with Crippen molar-refractivity contribution in [2.75, 3.05) is 5.32 Å². The predicted octanol–water partition coefficient (Wildman–Crippen LogP) is 5.05. The zero-order valence-corrected chi connectivity index (χ0v) is 19.6. The number of carbonyl (C=O) groups excluding carboxylic acids is 1. The summed E-state index contributed by atoms with van der Waals surface area (Å²) < 4.78 is 4.74. The average Bonchev–Trinajstić information content (AvgIpc) is 3.06. The lowest BCUT2D eigenvalue weighted by Crippen LogP contribution is -2.25. The number of nitrogens with one attached hydrogen (secondary N) is 1. The normalized spacial score (nSPS) is 12.2. The third-order valence-electron chi connectivity index (χ3n) is 5.04. The Labute approximate surface area is 184 Å². The molecule has 0 aliphatic rings. The standard InChI is InChI=1S/C21H25BrClN5O/c1-12(10-27-15(4)19(22)13(2)25-27)21(29)24-20-14(3)26-28(16(20)5)11-17-7-6-8-18(23)9-17/h6-9,12H,10-11H2,1-5H3,(H,24,29). The number of anilines is 1. The fourth-order valence-corrected chi connectivity index (χ4v) is 3.78. The Bertz CT molecular complexity index is 1060. The van der Waals surface area contributed by atoms with Gasteiger partial charge >= 0.3 is 0 Å². The zero-order valence-electron chi connectivity index (χ0n) is 17.3. The zero-order chi connectivity index (χ0) is 21.3. The molecule has 0 aliphatic carbocycles. The smallest absolute Gasteiger partial charge is 0.229 e. The molecule has 154 valence electrons. The topological polar surface area (TPSA) is 64.7 Å². The second-order valence-corrected chi connectivity index (χ2v) is 8.62. The van der Waals surface area contributed by atoms with Gasteiger partial charge in [0.2, 0.25) is 5.91 Å². The highest BCUT2D eigenvalue weighted by Crippen LogP contribution is 2.23. The minimum Gasteiger partial charge on any atom is -0.323 e. The second-order valence-electron chi connectivity index (χ2n) is 7.39. The van der Waals surface area contributed by atoms with Crippen molar-refractivity contribution in [3.8, 4) is 0 Å². The highest BCUT2D eigenvalue weighted by atomic mass is 79.9. The van der Waals surface area contributed by atoms with Gasteiger partial charge in [-0.3, -0.25) is 14.2 Å². The maximum Gasteiger partial charge on any atom is 0.229 e. The molecule has 29 heavy (non-hydrogen) atoms. The van der Waals surface area contributed by atoms with E-state index in [0.29, 0.717) is 18.1 Å². The first-order chi connectivity index (χ1) is 13.7. The first kappa shape index (κ1) is 21.6. The molecular weight excluding hydrogens is 454 g/mol. The summed E-state index contributed by atoms with van der Waals surface area (Å²) >= 11 is 9.61. The highest BCUT2D eigenvalue weighted by molar-refractivity contribution is 9.10. The van der Waals surface area contributed by atoms with Gasteiger partial charge in [-0.1, -0.05) is 30.7 Å². The molecule has 1 unspecified atom stereocenters. The van der Waals surface area contributed by atoms with Gasteiger partial charge in [-0.05, 0) is 61.3 Å². The van der Waals surface area contributed by atoms with E-state index in [1.807, 2.05) is 68.2 Å². The van der Waals surface area contributed by atoms with Crippen molar-refractivity contribution in [3.63, 3.8) is 0 Å². The lowest BCUT2D eigenvalue weighted by Gasteiger charge is -2.14. The Morgan fingerprint density at radius 3 is 2.45 bits per heavy atom. The monoisotopic (exact) mass is 477 g/mol. The van der Waals surface area contributed by atoms with Crippen LogP contribution in [0, 0.1) is 33.6 Å². The minimum absolute atomic E-state index is 0.0535. The van der Waals surface area contributed by atoms with E-state index in [2.05, 4.69) is 31.4 Å². The largest absolute Gasteiger partial charge is 0.323 e. The van der Waals surface area contributed by atoms with Crippen LogP contribution in [0.25, 0.3) is 0 Å². The summed E-state index contributed by atoms with van der Waals surface area (Å²) in [5, 5.41) is 12.8. The van der Waals surface area contributed by atoms with Crippen LogP contribution in [0.3, 0.4) is 0 Å². The van der Waals surface area contributed by atoms with Gasteiger partial charge in [0.05, 0.1) is 46.2 Å². The molecule has 2 heterocycles. The molecule has 0 aliphatic heterocycles. The molecule has 8 heteroatoms. The number of rotatable bonds is 6. The number of carbonyl (C=O) groups is 1. The van der Waals surface area contributed by atoms with Crippen LogP contribution in [-0.4, -0.2) is 25.5 Å². The van der Waals surface area contributed by atoms with E-state index in [1.54, 1.807) is 0 Å². The number of aryl methyl sites for hydroxylation is 2. The summed E-state index contributed by atoms with van der Waals surface area (Å²) in [7, 11) is 0. The van der Waals surface area contributed by atoms with Crippen molar-refractivity contribution in [1.29, 1.82) is 0 Å². The molecule has 6 nitrogen and oxygen atoms in total. The van der Waals surface area contributed by atoms with Crippen LogP contribution in [0.1, 0.15) is 35.3 Å². The number of halogens is 2. The Morgan fingerprint density at radius 1 is 1.14 bits per heavy atom. The first-order valence-corrected chi connectivity index (χ1v) is 10.6. The maximum atomic E-state index is 12.8. The summed E-state index contributed by atoms with van der Waals surface area (Å²) in [6.45, 7) is 10.8. The molecule has 1 amide bonds. The van der Waals surface area contributed by atoms with E-state index < -0.39 is 0 Å². The number of nitrogens with zero attached hydrogens (tertiary/aromatic N) is 4. The maximum absolute atomic E-state index is 12.8. The van der Waals surface area contributed by atoms with Crippen LogP contribution in [-0.2, 0) is 17.9 Å². The highest BCUT2D eigenvalue weighted by Gasteiger charge is 2.20. The number of hydrogen-bond donors (Lipinski definition) is 1. The Hall–Kier alpha value is -2.12. The number of amides is 1. The number of hydrogen-bond acceptors (Lipinski definition) is 3. The van der Waals surface area contributed by atoms with E-state index in [4.69, 9.17) is 11.6 Å². The third-order valence-corrected chi connectivity index (χ3v) is 6.42. The van der Waals surface area contributed by atoms with Crippen LogP contribution >= 0.6 is 27.5 Å². The first-order valence-electron chi connectivity index (χ1n) is 9.46. The van der Waals surface area contributed by atoms with Crippen molar-refractivity contribution >= 4 is 39.1 Å². The van der Waals surface area contributed by atoms with Gasteiger partial charge < -0.3 is 5.32 Å². The second kappa shape index (κ2) is 8.71. The van der Waals surface area contributed by atoms with Gasteiger partial charge in [-0.25, -0.2) is 0 Å². The SMILES string of the molecule is Cc1nn(CC(C)C(=O)Nc2c(C)nn(Cc3cccc(Cl)c3)c2C)c(C)c1Br. The van der Waals surface area contributed by atoms with E-state index in [-0.39, 0.29) is 11.8 Å². The van der Waals surface area contributed by atoms with Crippen LogP contribution in [0.15, 0.2) is 28.7 Å². The molecule has 0 radical (unpaired) electrons. The molecule has 1 atom stereocenters. The van der Waals surface area contributed by atoms with Crippen LogP contribution in [0.4, 0.5) is 5.69 Å². The molecule has 1 aromatic carbocycles. The molecule has 0 saturated heterocycles. The van der Waals surface area contributed by atoms with E-state index in [1.165, 1.54) is 0 Å². The summed E-state index contributed by atoms with van der Waals surface area (Å²) in [4.78, 5) is 12.8. The van der Waals surface area contributed by atoms with Gasteiger partial charge in [0, 0.05) is 10.7 Å². The van der Waals surface area contributed by atoms with Crippen LogP contribution in [0.5, 0.6) is 0 Å². The fraction of sp³-hybridized carbons (Fsp3) is 0.381. The lowest BCUT2D eigenvalue weighted by molar-refractivity contribution is -0.119. The summed E-state index contributed by atoms with van der Waals surface area (Å²) in [5.41, 5.74) is 5.46. The summed E-state index contributed by atoms with van der Waals surface area (Å²) in [5.74, 6) is -0.294. The molecule has 0 saturated carbocycles. The quantitative estimate of drug-likeness (QED) is 0.539. The van der Waals surface area contributed by atoms with E-state index in [0.717, 1.165) is 38.5 Å². The van der Waals surface area contributed by atoms with Gasteiger partial charge in [0.25, 0.3) is 0 Å². The Morgan fingerprint density at radius 2 is 1.83 bits per heavy atom. The van der Waals surface area contributed by atoms with Crippen molar-refractivity contribution in [1.82, 2.24) is 19.6 Å². The lowest BCUT2D eigenvalue weighted by atomic mass is 10.1.